The maximum absolute atomic E-state index is 6.70. The number of hydrogen-bond donors (Lipinski definition) is 0. The van der Waals surface area contributed by atoms with Gasteiger partial charge in [0, 0.05) is 0 Å². The SMILES string of the molecule is [CH2]CCCc1c(C(Cl)(Cl)C(Cl)(Cl)C(Cl)(Cl)C(Cl)(Cl)Cl)cccc1C(Cl)(Cl)C(Cl)(Cl)C(Cl)(Cl)C(Cl)(Cl)Cl. The Morgan fingerprint density at radius 3 is 1.06 bits per heavy atom. The molecule has 0 amide bonds. The zero-order valence-electron chi connectivity index (χ0n) is 16.9. The van der Waals surface area contributed by atoms with Crippen molar-refractivity contribution in [1.82, 2.24) is 0 Å². The average Bonchev–Trinajstić information content (AvgIpc) is 2.69. The molecule has 0 heterocycles. The summed E-state index contributed by atoms with van der Waals surface area (Å²) in [5.41, 5.74) is 0.190. The topological polar surface area (TPSA) is 0 Å². The molecular formula is C18H11Cl18. The van der Waals surface area contributed by atoms with Crippen LogP contribution in [-0.4, -0.2) is 24.9 Å². The Bertz CT molecular complexity index is 853. The molecule has 36 heavy (non-hydrogen) atoms. The minimum absolute atomic E-state index is 0.0138. The summed E-state index contributed by atoms with van der Waals surface area (Å²) >= 11 is 113. The van der Waals surface area contributed by atoms with Crippen LogP contribution in [0, 0.1) is 6.92 Å². The summed E-state index contributed by atoms with van der Waals surface area (Å²) in [5, 5.41) is 0. The normalized spacial score (nSPS) is 15.4. The van der Waals surface area contributed by atoms with Crippen molar-refractivity contribution in [2.75, 3.05) is 0 Å². The van der Waals surface area contributed by atoms with Crippen LogP contribution >= 0.6 is 209 Å². The van der Waals surface area contributed by atoms with Crippen LogP contribution in [0.25, 0.3) is 0 Å². The number of unbranched alkanes of at least 4 members (excludes halogenated alkanes) is 1. The number of rotatable bonds is 9. The minimum Gasteiger partial charge on any atom is -0.0943 e. The fourth-order valence-corrected chi connectivity index (χ4v) is 7.47. The van der Waals surface area contributed by atoms with Gasteiger partial charge in [-0.3, -0.25) is 0 Å². The van der Waals surface area contributed by atoms with Crippen molar-refractivity contribution in [2.24, 2.45) is 0 Å². The molecule has 1 radical (unpaired) electrons. The summed E-state index contributed by atoms with van der Waals surface area (Å²) in [7, 11) is 0. The Morgan fingerprint density at radius 1 is 0.500 bits per heavy atom. The van der Waals surface area contributed by atoms with Crippen molar-refractivity contribution in [2.45, 2.75) is 52.8 Å². The van der Waals surface area contributed by atoms with Crippen molar-refractivity contribution in [3.63, 3.8) is 0 Å². The van der Waals surface area contributed by atoms with Crippen LogP contribution in [0.1, 0.15) is 29.5 Å². The fraction of sp³-hybridized carbons (Fsp3) is 0.611. The number of benzene rings is 1. The summed E-state index contributed by atoms with van der Waals surface area (Å²) in [4.78, 5) is 0. The maximum Gasteiger partial charge on any atom is 0.226 e. The first-order chi connectivity index (χ1) is 15.7. The summed E-state index contributed by atoms with van der Waals surface area (Å²) in [5.74, 6) is 0. The Kier molecular flexibility index (Phi) is 13.7. The first-order valence-electron chi connectivity index (χ1n) is 9.00. The van der Waals surface area contributed by atoms with E-state index in [1.165, 1.54) is 18.2 Å². The number of halogens is 18. The lowest BCUT2D eigenvalue weighted by molar-refractivity contribution is 0.580. The highest BCUT2D eigenvalue weighted by Crippen LogP contribution is 2.68. The van der Waals surface area contributed by atoms with E-state index < -0.39 is 33.6 Å². The average molecular weight is 865 g/mol. The Balaban J connectivity index is 4.02. The van der Waals surface area contributed by atoms with Crippen LogP contribution in [0.4, 0.5) is 0 Å². The molecule has 1 aromatic rings. The first kappa shape index (κ1) is 38.5. The molecule has 0 aliphatic carbocycles. The predicted molar refractivity (Wildman–Crippen MR) is 170 cm³/mol. The number of alkyl halides is 18. The smallest absolute Gasteiger partial charge is 0.0943 e. The van der Waals surface area contributed by atoms with Crippen LogP contribution in [0.2, 0.25) is 0 Å². The lowest BCUT2D eigenvalue weighted by atomic mass is 9.89. The molecule has 0 saturated carbocycles. The van der Waals surface area contributed by atoms with Crippen LogP contribution in [0.5, 0.6) is 0 Å². The second kappa shape index (κ2) is 12.8. The third-order valence-electron chi connectivity index (χ3n) is 4.82. The molecule has 0 spiro atoms. The predicted octanol–water partition coefficient (Wildman–Crippen LogP) is 13.5. The van der Waals surface area contributed by atoms with Gasteiger partial charge >= 0.3 is 0 Å². The summed E-state index contributed by atoms with van der Waals surface area (Å²) in [6.07, 6.45) is 1.03. The number of hydrogen-bond acceptors (Lipinski definition) is 0. The van der Waals surface area contributed by atoms with Gasteiger partial charge < -0.3 is 0 Å². The molecule has 0 nitrogen and oxygen atoms in total. The largest absolute Gasteiger partial charge is 0.226 e. The van der Waals surface area contributed by atoms with Crippen LogP contribution in [-0.2, 0) is 15.1 Å². The molecule has 0 bridgehead atoms. The van der Waals surface area contributed by atoms with Crippen LogP contribution < -0.4 is 0 Å². The van der Waals surface area contributed by atoms with Gasteiger partial charge in [-0.1, -0.05) is 240 Å². The highest BCUT2D eigenvalue weighted by molar-refractivity contribution is 6.81. The van der Waals surface area contributed by atoms with Gasteiger partial charge in [0.15, 0.2) is 17.3 Å². The molecule has 209 valence electrons. The van der Waals surface area contributed by atoms with Gasteiger partial charge in [-0.15, -0.1) is 0 Å². The maximum atomic E-state index is 6.70. The van der Waals surface area contributed by atoms with Crippen molar-refractivity contribution in [1.29, 1.82) is 0 Å². The third kappa shape index (κ3) is 6.89. The molecule has 0 aliphatic rings. The molecule has 18 heteroatoms. The van der Waals surface area contributed by atoms with Gasteiger partial charge in [-0.2, -0.15) is 0 Å². The molecule has 0 fully saturated rings. The summed E-state index contributed by atoms with van der Waals surface area (Å²) in [6, 6.07) is 4.24. The van der Waals surface area contributed by atoms with E-state index in [-0.39, 0.29) is 23.1 Å². The van der Waals surface area contributed by atoms with Crippen molar-refractivity contribution in [3.05, 3.63) is 41.8 Å². The van der Waals surface area contributed by atoms with E-state index in [2.05, 4.69) is 6.92 Å². The second-order valence-electron chi connectivity index (χ2n) is 7.23. The second-order valence-corrected chi connectivity index (χ2v) is 19.8. The summed E-state index contributed by atoms with van der Waals surface area (Å²) < 4.78 is -20.0. The van der Waals surface area contributed by atoms with Gasteiger partial charge in [-0.05, 0) is 29.5 Å². The van der Waals surface area contributed by atoms with Gasteiger partial charge in [0.1, 0.15) is 0 Å². The lowest BCUT2D eigenvalue weighted by Gasteiger charge is -2.46. The van der Waals surface area contributed by atoms with Crippen LogP contribution in [0.3, 0.4) is 0 Å². The first-order valence-corrected chi connectivity index (χ1v) is 15.8. The molecule has 0 aromatic heterocycles. The molecule has 1 aromatic carbocycles. The van der Waals surface area contributed by atoms with Crippen LogP contribution in [0.15, 0.2) is 18.2 Å². The highest BCUT2D eigenvalue weighted by atomic mass is 35.6. The van der Waals surface area contributed by atoms with E-state index in [0.717, 1.165) is 0 Å². The van der Waals surface area contributed by atoms with Crippen molar-refractivity contribution < 1.29 is 0 Å². The zero-order valence-corrected chi connectivity index (χ0v) is 30.5. The van der Waals surface area contributed by atoms with E-state index >= 15 is 0 Å². The molecular weight excluding hydrogens is 854 g/mol. The molecule has 0 N–H and O–H groups in total. The van der Waals surface area contributed by atoms with E-state index in [1.54, 1.807) is 0 Å². The monoisotopic (exact) mass is 857 g/mol. The quantitative estimate of drug-likeness (QED) is 0.217. The van der Waals surface area contributed by atoms with E-state index in [0.29, 0.717) is 12.8 Å². The molecule has 0 unspecified atom stereocenters. The zero-order chi connectivity index (χ0) is 29.0. The van der Waals surface area contributed by atoms with Gasteiger partial charge in [0.05, 0.1) is 0 Å². The van der Waals surface area contributed by atoms with Gasteiger partial charge in [0.2, 0.25) is 16.3 Å². The van der Waals surface area contributed by atoms with E-state index in [4.69, 9.17) is 209 Å². The van der Waals surface area contributed by atoms with Crippen molar-refractivity contribution >= 4 is 209 Å². The highest BCUT2D eigenvalue weighted by Gasteiger charge is 2.71. The Hall–Kier alpha value is 4.44. The standard InChI is InChI=1S/C18H11Cl18/c1-2-3-5-8-9(11(19,20)13(23,24)15(27,28)17(31,32)33)6-4-7-10(8)12(21,22)14(25,26)16(29,30)18(34,35)36/h4,6-7H,1-3,5H2. The molecule has 1 rings (SSSR count). The molecule has 0 aliphatic heterocycles. The third-order valence-corrected chi connectivity index (χ3v) is 15.7. The van der Waals surface area contributed by atoms with Gasteiger partial charge in [0.25, 0.3) is 0 Å². The Labute approximate surface area is 299 Å². The summed E-state index contributed by atoms with van der Waals surface area (Å²) in [6.45, 7) is 3.80. The van der Waals surface area contributed by atoms with E-state index in [1.807, 2.05) is 0 Å². The van der Waals surface area contributed by atoms with E-state index in [9.17, 15) is 0 Å². The lowest BCUT2D eigenvalue weighted by Crippen LogP contribution is -2.56. The Morgan fingerprint density at radius 2 is 0.806 bits per heavy atom. The fourth-order valence-electron chi connectivity index (χ4n) is 2.83. The van der Waals surface area contributed by atoms with Gasteiger partial charge in [-0.25, -0.2) is 0 Å². The molecule has 0 saturated heterocycles. The minimum atomic E-state index is -2.59. The molecule has 0 atom stereocenters. The van der Waals surface area contributed by atoms with Crippen molar-refractivity contribution in [3.8, 4) is 0 Å².